The van der Waals surface area contributed by atoms with E-state index in [4.69, 9.17) is 0 Å². The van der Waals surface area contributed by atoms with Crippen molar-refractivity contribution in [2.45, 2.75) is 65.9 Å². The Balaban J connectivity index is 3.20. The van der Waals surface area contributed by atoms with Crippen molar-refractivity contribution >= 4 is 0 Å². The number of aryl methyl sites for hydroxylation is 2. The molecular formula is C16H26O. The third-order valence-corrected chi connectivity index (χ3v) is 3.36. The van der Waals surface area contributed by atoms with Crippen LogP contribution in [0.3, 0.4) is 0 Å². The summed E-state index contributed by atoms with van der Waals surface area (Å²) in [5.74, 6) is 0. The standard InChI is InChI=1S/C16H26O/c1-7-8-14(17)15-11(2)9-13(10-12(15)3)16(4,5)6/h9-10,14,17H,7-8H2,1-6H3. The van der Waals surface area contributed by atoms with Crippen LogP contribution in [-0.4, -0.2) is 5.11 Å². The van der Waals surface area contributed by atoms with Crippen molar-refractivity contribution in [3.63, 3.8) is 0 Å². The van der Waals surface area contributed by atoms with Crippen molar-refractivity contribution in [1.82, 2.24) is 0 Å². The summed E-state index contributed by atoms with van der Waals surface area (Å²) in [5.41, 5.74) is 5.08. The Hall–Kier alpha value is -0.820. The number of aliphatic hydroxyl groups excluding tert-OH is 1. The van der Waals surface area contributed by atoms with E-state index in [-0.39, 0.29) is 11.5 Å². The topological polar surface area (TPSA) is 20.2 Å². The summed E-state index contributed by atoms with van der Waals surface area (Å²) in [5, 5.41) is 10.2. The van der Waals surface area contributed by atoms with E-state index >= 15 is 0 Å². The van der Waals surface area contributed by atoms with Crippen LogP contribution in [0.1, 0.15) is 68.9 Å². The van der Waals surface area contributed by atoms with Crippen molar-refractivity contribution in [3.05, 3.63) is 34.4 Å². The zero-order valence-electron chi connectivity index (χ0n) is 12.1. The molecule has 1 nitrogen and oxygen atoms in total. The molecule has 1 aromatic carbocycles. The molecule has 0 fully saturated rings. The van der Waals surface area contributed by atoms with E-state index in [0.29, 0.717) is 0 Å². The molecule has 0 aliphatic heterocycles. The second-order valence-corrected chi connectivity index (χ2v) is 6.08. The lowest BCUT2D eigenvalue weighted by Crippen LogP contribution is -2.13. The minimum atomic E-state index is -0.311. The van der Waals surface area contributed by atoms with Gasteiger partial charge in [-0.2, -0.15) is 0 Å². The van der Waals surface area contributed by atoms with E-state index in [2.05, 4.69) is 53.7 Å². The summed E-state index contributed by atoms with van der Waals surface area (Å²) in [6.07, 6.45) is 1.55. The van der Waals surface area contributed by atoms with Crippen LogP contribution in [0.5, 0.6) is 0 Å². The van der Waals surface area contributed by atoms with E-state index in [1.165, 1.54) is 16.7 Å². The fraction of sp³-hybridized carbons (Fsp3) is 0.625. The quantitative estimate of drug-likeness (QED) is 0.820. The largest absolute Gasteiger partial charge is 0.388 e. The van der Waals surface area contributed by atoms with Gasteiger partial charge in [0.2, 0.25) is 0 Å². The Kier molecular flexibility index (Phi) is 4.37. The zero-order chi connectivity index (χ0) is 13.2. The van der Waals surface area contributed by atoms with Gasteiger partial charge in [0.25, 0.3) is 0 Å². The van der Waals surface area contributed by atoms with Crippen molar-refractivity contribution in [2.24, 2.45) is 0 Å². The minimum Gasteiger partial charge on any atom is -0.388 e. The van der Waals surface area contributed by atoms with Crippen molar-refractivity contribution in [1.29, 1.82) is 0 Å². The van der Waals surface area contributed by atoms with Crippen LogP contribution < -0.4 is 0 Å². The first-order valence-corrected chi connectivity index (χ1v) is 6.57. The molecule has 96 valence electrons. The fourth-order valence-corrected chi connectivity index (χ4v) is 2.35. The number of benzene rings is 1. The molecule has 1 aromatic rings. The van der Waals surface area contributed by atoms with Gasteiger partial charge < -0.3 is 5.11 Å². The summed E-state index contributed by atoms with van der Waals surface area (Å²) >= 11 is 0. The molecule has 0 heterocycles. The third-order valence-electron chi connectivity index (χ3n) is 3.36. The number of hydrogen-bond acceptors (Lipinski definition) is 1. The van der Waals surface area contributed by atoms with Gasteiger partial charge in [0, 0.05) is 0 Å². The van der Waals surface area contributed by atoms with Gasteiger partial charge in [-0.15, -0.1) is 0 Å². The second-order valence-electron chi connectivity index (χ2n) is 6.08. The van der Waals surface area contributed by atoms with Crippen LogP contribution >= 0.6 is 0 Å². The van der Waals surface area contributed by atoms with Crippen molar-refractivity contribution < 1.29 is 5.11 Å². The van der Waals surface area contributed by atoms with E-state index < -0.39 is 0 Å². The van der Waals surface area contributed by atoms with Gasteiger partial charge in [-0.05, 0) is 47.9 Å². The maximum atomic E-state index is 10.2. The minimum absolute atomic E-state index is 0.170. The summed E-state index contributed by atoms with van der Waals surface area (Å²) < 4.78 is 0. The van der Waals surface area contributed by atoms with E-state index in [1.54, 1.807) is 0 Å². The van der Waals surface area contributed by atoms with Crippen LogP contribution in [0.25, 0.3) is 0 Å². The number of hydrogen-bond donors (Lipinski definition) is 1. The molecule has 0 spiro atoms. The lowest BCUT2D eigenvalue weighted by molar-refractivity contribution is 0.165. The molecule has 0 aliphatic carbocycles. The predicted molar refractivity (Wildman–Crippen MR) is 74.5 cm³/mol. The number of rotatable bonds is 3. The van der Waals surface area contributed by atoms with Gasteiger partial charge in [0.1, 0.15) is 0 Å². The maximum Gasteiger partial charge on any atom is 0.0795 e. The Morgan fingerprint density at radius 1 is 1.12 bits per heavy atom. The van der Waals surface area contributed by atoms with Crippen molar-refractivity contribution in [3.8, 4) is 0 Å². The monoisotopic (exact) mass is 234 g/mol. The van der Waals surface area contributed by atoms with E-state index in [9.17, 15) is 5.11 Å². The Morgan fingerprint density at radius 3 is 1.94 bits per heavy atom. The second kappa shape index (κ2) is 5.22. The van der Waals surface area contributed by atoms with Crippen LogP contribution in [-0.2, 0) is 5.41 Å². The van der Waals surface area contributed by atoms with Crippen LogP contribution in [0.2, 0.25) is 0 Å². The molecule has 1 heteroatoms. The Labute approximate surface area is 106 Å². The summed E-state index contributed by atoms with van der Waals surface area (Å²) in [6, 6.07) is 4.45. The number of aliphatic hydroxyl groups is 1. The molecule has 1 rings (SSSR count). The average molecular weight is 234 g/mol. The molecule has 0 bridgehead atoms. The summed E-state index contributed by atoms with van der Waals surface area (Å²) in [4.78, 5) is 0. The smallest absolute Gasteiger partial charge is 0.0795 e. The SMILES string of the molecule is CCCC(O)c1c(C)cc(C(C)(C)C)cc1C. The first kappa shape index (κ1) is 14.2. The fourth-order valence-electron chi connectivity index (χ4n) is 2.35. The maximum absolute atomic E-state index is 10.2. The van der Waals surface area contributed by atoms with Crippen LogP contribution in [0, 0.1) is 13.8 Å². The van der Waals surface area contributed by atoms with Gasteiger partial charge in [-0.1, -0.05) is 46.2 Å². The Bertz CT molecular complexity index is 362. The van der Waals surface area contributed by atoms with E-state index in [0.717, 1.165) is 18.4 Å². The highest BCUT2D eigenvalue weighted by Gasteiger charge is 2.18. The lowest BCUT2D eigenvalue weighted by Gasteiger charge is -2.24. The lowest BCUT2D eigenvalue weighted by atomic mass is 9.82. The van der Waals surface area contributed by atoms with Crippen molar-refractivity contribution in [2.75, 3.05) is 0 Å². The highest BCUT2D eigenvalue weighted by molar-refractivity contribution is 5.41. The molecular weight excluding hydrogens is 208 g/mol. The molecule has 0 saturated heterocycles. The first-order chi connectivity index (χ1) is 7.77. The molecule has 0 aliphatic rings. The molecule has 1 atom stereocenters. The molecule has 0 saturated carbocycles. The molecule has 1 unspecified atom stereocenters. The first-order valence-electron chi connectivity index (χ1n) is 6.57. The van der Waals surface area contributed by atoms with E-state index in [1.807, 2.05) is 0 Å². The van der Waals surface area contributed by atoms with Crippen LogP contribution in [0.15, 0.2) is 12.1 Å². The molecule has 17 heavy (non-hydrogen) atoms. The molecule has 0 amide bonds. The predicted octanol–water partition coefficient (Wildman–Crippen LogP) is 4.43. The highest BCUT2D eigenvalue weighted by Crippen LogP contribution is 2.31. The van der Waals surface area contributed by atoms with Gasteiger partial charge in [0.05, 0.1) is 6.10 Å². The molecule has 0 aromatic heterocycles. The van der Waals surface area contributed by atoms with Gasteiger partial charge in [0.15, 0.2) is 0 Å². The summed E-state index contributed by atoms with van der Waals surface area (Å²) in [6.45, 7) is 13.0. The normalized spacial score (nSPS) is 13.8. The third kappa shape index (κ3) is 3.32. The molecule has 1 N–H and O–H groups in total. The average Bonchev–Trinajstić information content (AvgIpc) is 2.15. The highest BCUT2D eigenvalue weighted by atomic mass is 16.3. The van der Waals surface area contributed by atoms with Gasteiger partial charge >= 0.3 is 0 Å². The Morgan fingerprint density at radius 2 is 1.59 bits per heavy atom. The van der Waals surface area contributed by atoms with Gasteiger partial charge in [-0.3, -0.25) is 0 Å². The zero-order valence-corrected chi connectivity index (χ0v) is 12.1. The summed E-state index contributed by atoms with van der Waals surface area (Å²) in [7, 11) is 0. The van der Waals surface area contributed by atoms with Gasteiger partial charge in [-0.25, -0.2) is 0 Å². The molecule has 0 radical (unpaired) electrons. The van der Waals surface area contributed by atoms with Crippen LogP contribution in [0.4, 0.5) is 0 Å².